The Labute approximate surface area is 232 Å². The van der Waals surface area contributed by atoms with Gasteiger partial charge >= 0.3 is 0 Å². The third-order valence-corrected chi connectivity index (χ3v) is 9.91. The van der Waals surface area contributed by atoms with Crippen LogP contribution in [0.15, 0.2) is 53.4 Å². The van der Waals surface area contributed by atoms with E-state index in [9.17, 15) is 9.59 Å². The molecule has 0 radical (unpaired) electrons. The van der Waals surface area contributed by atoms with Crippen molar-refractivity contribution in [1.29, 1.82) is 0 Å². The SMILES string of the molecule is Cc1ccccc1CN1C(=O)/C(=C\c2ccc(C(=O)NCCN3CCCCC3C)cc2)SC2CCCCC21. The first kappa shape index (κ1) is 27.0. The zero-order chi connectivity index (χ0) is 26.5. The first-order valence-corrected chi connectivity index (χ1v) is 15.2. The van der Waals surface area contributed by atoms with Crippen LogP contribution in [0.5, 0.6) is 0 Å². The summed E-state index contributed by atoms with van der Waals surface area (Å²) in [6.45, 7) is 7.76. The lowest BCUT2D eigenvalue weighted by atomic mass is 9.92. The fourth-order valence-electron chi connectivity index (χ4n) is 6.12. The molecule has 3 atom stereocenters. The molecule has 2 amide bonds. The van der Waals surface area contributed by atoms with Crippen LogP contribution in [0.25, 0.3) is 6.08 Å². The van der Waals surface area contributed by atoms with E-state index in [-0.39, 0.29) is 11.8 Å². The highest BCUT2D eigenvalue weighted by molar-refractivity contribution is 8.04. The number of hydrogen-bond acceptors (Lipinski definition) is 4. The number of amides is 2. The van der Waals surface area contributed by atoms with Gasteiger partial charge < -0.3 is 10.2 Å². The van der Waals surface area contributed by atoms with E-state index in [0.29, 0.717) is 36.0 Å². The molecule has 2 aromatic rings. The van der Waals surface area contributed by atoms with Crippen molar-refractivity contribution in [2.24, 2.45) is 0 Å². The van der Waals surface area contributed by atoms with E-state index < -0.39 is 0 Å². The summed E-state index contributed by atoms with van der Waals surface area (Å²) in [4.78, 5) is 31.8. The van der Waals surface area contributed by atoms with Crippen molar-refractivity contribution in [1.82, 2.24) is 15.1 Å². The number of fused-ring (bicyclic) bond motifs is 1. The molecular weight excluding hydrogens is 490 g/mol. The minimum Gasteiger partial charge on any atom is -0.351 e. The summed E-state index contributed by atoms with van der Waals surface area (Å²) in [5, 5.41) is 3.53. The predicted molar refractivity (Wildman–Crippen MR) is 157 cm³/mol. The second-order valence-corrected chi connectivity index (χ2v) is 12.4. The molecule has 2 aromatic carbocycles. The molecule has 3 aliphatic rings. The van der Waals surface area contributed by atoms with Gasteiger partial charge in [-0.3, -0.25) is 14.5 Å². The highest BCUT2D eigenvalue weighted by Gasteiger charge is 2.40. The minimum absolute atomic E-state index is 0.0357. The van der Waals surface area contributed by atoms with Gasteiger partial charge in [0.05, 0.1) is 4.91 Å². The molecule has 1 N–H and O–H groups in total. The van der Waals surface area contributed by atoms with Crippen LogP contribution in [0.2, 0.25) is 0 Å². The summed E-state index contributed by atoms with van der Waals surface area (Å²) < 4.78 is 0. The molecule has 5 nitrogen and oxygen atoms in total. The van der Waals surface area contributed by atoms with Gasteiger partial charge in [0, 0.05) is 42.5 Å². The third kappa shape index (κ3) is 6.35. The van der Waals surface area contributed by atoms with Crippen LogP contribution in [0, 0.1) is 6.92 Å². The second-order valence-electron chi connectivity index (χ2n) is 11.1. The van der Waals surface area contributed by atoms with Gasteiger partial charge in [-0.1, -0.05) is 55.7 Å². The van der Waals surface area contributed by atoms with Gasteiger partial charge in [0.25, 0.3) is 11.8 Å². The van der Waals surface area contributed by atoms with E-state index in [1.807, 2.05) is 30.3 Å². The maximum absolute atomic E-state index is 13.7. The smallest absolute Gasteiger partial charge is 0.260 e. The molecule has 2 aliphatic heterocycles. The maximum atomic E-state index is 13.7. The van der Waals surface area contributed by atoms with Gasteiger partial charge in [-0.2, -0.15) is 0 Å². The fourth-order valence-corrected chi connectivity index (χ4v) is 7.59. The maximum Gasteiger partial charge on any atom is 0.260 e. The minimum atomic E-state index is -0.0357. The van der Waals surface area contributed by atoms with Crippen molar-refractivity contribution < 1.29 is 9.59 Å². The zero-order valence-corrected chi connectivity index (χ0v) is 23.6. The molecular formula is C32H41N3O2S. The molecule has 38 heavy (non-hydrogen) atoms. The Morgan fingerprint density at radius 3 is 2.58 bits per heavy atom. The van der Waals surface area contributed by atoms with Gasteiger partial charge in [0.15, 0.2) is 0 Å². The Kier molecular flexibility index (Phi) is 8.90. The van der Waals surface area contributed by atoms with Gasteiger partial charge in [-0.15, -0.1) is 11.8 Å². The Bertz CT molecular complexity index is 1160. The van der Waals surface area contributed by atoms with Gasteiger partial charge in [0.1, 0.15) is 0 Å². The van der Waals surface area contributed by atoms with E-state index in [0.717, 1.165) is 36.4 Å². The van der Waals surface area contributed by atoms with Crippen molar-refractivity contribution in [3.8, 4) is 0 Å². The van der Waals surface area contributed by atoms with Crippen LogP contribution in [-0.4, -0.2) is 58.6 Å². The van der Waals surface area contributed by atoms with Gasteiger partial charge in [-0.05, 0) is 81.0 Å². The van der Waals surface area contributed by atoms with Gasteiger partial charge in [-0.25, -0.2) is 0 Å². The van der Waals surface area contributed by atoms with Crippen molar-refractivity contribution in [2.45, 2.75) is 82.7 Å². The number of thioether (sulfide) groups is 1. The number of piperidine rings is 1. The van der Waals surface area contributed by atoms with Crippen molar-refractivity contribution in [2.75, 3.05) is 19.6 Å². The third-order valence-electron chi connectivity index (χ3n) is 8.52. The molecule has 1 saturated carbocycles. The summed E-state index contributed by atoms with van der Waals surface area (Å²) in [6, 6.07) is 17.0. The van der Waals surface area contributed by atoms with Gasteiger partial charge in [0.2, 0.25) is 0 Å². The summed E-state index contributed by atoms with van der Waals surface area (Å²) in [5.74, 6) is 0.0987. The molecule has 0 bridgehead atoms. The normalized spacial score (nSPS) is 25.3. The summed E-state index contributed by atoms with van der Waals surface area (Å²) in [5.41, 5.74) is 4.08. The zero-order valence-electron chi connectivity index (χ0n) is 22.8. The van der Waals surface area contributed by atoms with E-state index >= 15 is 0 Å². The van der Waals surface area contributed by atoms with E-state index in [4.69, 9.17) is 0 Å². The first-order valence-electron chi connectivity index (χ1n) is 14.4. The molecule has 5 rings (SSSR count). The number of likely N-dealkylation sites (tertiary alicyclic amines) is 1. The number of aryl methyl sites for hydroxylation is 1. The van der Waals surface area contributed by atoms with E-state index in [1.165, 1.54) is 43.2 Å². The summed E-state index contributed by atoms with van der Waals surface area (Å²) in [6.07, 6.45) is 10.5. The lowest BCUT2D eigenvalue weighted by molar-refractivity contribution is -0.130. The number of nitrogens with one attached hydrogen (secondary N) is 1. The van der Waals surface area contributed by atoms with E-state index in [1.54, 1.807) is 11.8 Å². The monoisotopic (exact) mass is 531 g/mol. The average molecular weight is 532 g/mol. The Morgan fingerprint density at radius 1 is 1.03 bits per heavy atom. The number of carbonyl (C=O) groups is 2. The lowest BCUT2D eigenvalue weighted by Crippen LogP contribution is -2.50. The largest absolute Gasteiger partial charge is 0.351 e. The van der Waals surface area contributed by atoms with Crippen LogP contribution in [0.3, 0.4) is 0 Å². The molecule has 0 aromatic heterocycles. The second kappa shape index (κ2) is 12.5. The number of carbonyl (C=O) groups excluding carboxylic acids is 2. The number of rotatable bonds is 7. The number of nitrogens with zero attached hydrogens (tertiary/aromatic N) is 2. The molecule has 2 heterocycles. The fraction of sp³-hybridized carbons (Fsp3) is 0.500. The highest BCUT2D eigenvalue weighted by Crippen LogP contribution is 2.42. The summed E-state index contributed by atoms with van der Waals surface area (Å²) in [7, 11) is 0. The van der Waals surface area contributed by atoms with Crippen LogP contribution in [-0.2, 0) is 11.3 Å². The molecule has 0 spiro atoms. The summed E-state index contributed by atoms with van der Waals surface area (Å²) >= 11 is 1.76. The highest BCUT2D eigenvalue weighted by atomic mass is 32.2. The number of hydrogen-bond donors (Lipinski definition) is 1. The average Bonchev–Trinajstić information content (AvgIpc) is 2.93. The molecule has 6 heteroatoms. The molecule has 3 fully saturated rings. The first-order chi connectivity index (χ1) is 18.5. The van der Waals surface area contributed by atoms with Crippen LogP contribution in [0.4, 0.5) is 0 Å². The number of benzene rings is 2. The molecule has 2 saturated heterocycles. The molecule has 202 valence electrons. The van der Waals surface area contributed by atoms with E-state index in [2.05, 4.69) is 53.2 Å². The van der Waals surface area contributed by atoms with Crippen LogP contribution < -0.4 is 5.32 Å². The van der Waals surface area contributed by atoms with Crippen molar-refractivity contribution >= 4 is 29.7 Å². The van der Waals surface area contributed by atoms with Crippen molar-refractivity contribution in [3.63, 3.8) is 0 Å². The Morgan fingerprint density at radius 2 is 1.79 bits per heavy atom. The molecule has 1 aliphatic carbocycles. The quantitative estimate of drug-likeness (QED) is 0.444. The van der Waals surface area contributed by atoms with Crippen molar-refractivity contribution in [3.05, 3.63) is 75.7 Å². The Balaban J connectivity index is 1.24. The van der Waals surface area contributed by atoms with Crippen LogP contribution in [0.1, 0.15) is 78.9 Å². The molecule has 3 unspecified atom stereocenters. The van der Waals surface area contributed by atoms with Crippen LogP contribution >= 0.6 is 11.8 Å². The standard InChI is InChI=1S/C32H41N3O2S/c1-23-9-3-4-11-27(23)22-35-28-12-5-6-13-29(28)38-30(32(35)37)21-25-14-16-26(17-15-25)31(36)33-18-20-34-19-8-7-10-24(34)2/h3-4,9,11,14-17,21,24,28-29H,5-8,10,12-13,18-20,22H2,1-2H3,(H,33,36)/b30-21+. The lowest BCUT2D eigenvalue weighted by Gasteiger charge is -2.44. The predicted octanol–water partition coefficient (Wildman–Crippen LogP) is 6.03. The topological polar surface area (TPSA) is 52.7 Å². The Hall–Kier alpha value is -2.57.